The minimum atomic E-state index is -3.50. The third-order valence-corrected chi connectivity index (χ3v) is 37.0. The summed E-state index contributed by atoms with van der Waals surface area (Å²) in [6.45, 7) is -0.537. The minimum absolute atomic E-state index is 0.190. The first-order chi connectivity index (χ1) is 8.74. The van der Waals surface area contributed by atoms with Crippen LogP contribution in [0.3, 0.4) is 0 Å². The van der Waals surface area contributed by atoms with Gasteiger partial charge in [0.1, 0.15) is 0 Å². The van der Waals surface area contributed by atoms with Gasteiger partial charge in [-0.3, -0.25) is 4.39 Å². The van der Waals surface area contributed by atoms with Crippen LogP contribution < -0.4 is 0 Å². The lowest BCUT2D eigenvalue weighted by atomic mass is 10.9. The molecule has 19 heavy (non-hydrogen) atoms. The monoisotopic (exact) mass is 522 g/mol. The van der Waals surface area contributed by atoms with Gasteiger partial charge < -0.3 is 0 Å². The molecule has 0 atom stereocenters. The summed E-state index contributed by atoms with van der Waals surface area (Å²) in [4.78, 5) is 0. The summed E-state index contributed by atoms with van der Waals surface area (Å²) in [7, 11) is 4.74. The second-order valence-electron chi connectivity index (χ2n) is 3.18. The van der Waals surface area contributed by atoms with Gasteiger partial charge in [0.2, 0.25) is 0 Å². The molecule has 0 spiro atoms. The highest BCUT2D eigenvalue weighted by atomic mass is 79.9. The van der Waals surface area contributed by atoms with Crippen LogP contribution in [0.5, 0.6) is 0 Å². The number of alkyl halides is 5. The molecule has 0 radical (unpaired) electrons. The second kappa shape index (κ2) is 8.59. The fraction of sp³-hybridized carbons (Fsp3) is 1.00. The van der Waals surface area contributed by atoms with Gasteiger partial charge in [-0.05, 0) is 31.9 Å². The molecule has 0 aliphatic rings. The molecule has 0 aliphatic heterocycles. The molecule has 0 bridgehead atoms. The lowest BCUT2D eigenvalue weighted by Gasteiger charge is -2.70. The van der Waals surface area contributed by atoms with Crippen molar-refractivity contribution in [3.63, 3.8) is 0 Å². The van der Waals surface area contributed by atoms with Gasteiger partial charge in [0.05, 0.1) is 6.67 Å². The minimum Gasteiger partial charge on any atom is -0.250 e. The molecule has 0 aliphatic carbocycles. The summed E-state index contributed by atoms with van der Waals surface area (Å²) in [5.74, 6) is -0.916. The third kappa shape index (κ3) is 6.06. The Bertz CT molecular complexity index is 292. The molecule has 0 aromatic heterocycles. The van der Waals surface area contributed by atoms with Crippen molar-refractivity contribution in [2.45, 2.75) is 5.76 Å². The van der Waals surface area contributed by atoms with E-state index in [0.29, 0.717) is 33.5 Å². The van der Waals surface area contributed by atoms with Gasteiger partial charge in [-0.2, -0.15) is 8.78 Å². The van der Waals surface area contributed by atoms with Crippen molar-refractivity contribution >= 4 is 88.4 Å². The van der Waals surface area contributed by atoms with Crippen LogP contribution in [0.4, 0.5) is 13.2 Å². The van der Waals surface area contributed by atoms with Crippen LogP contribution in [-0.4, -0.2) is 47.2 Å². The Kier molecular flexibility index (Phi) is 9.85. The quantitative estimate of drug-likeness (QED) is 0.207. The van der Waals surface area contributed by atoms with Gasteiger partial charge in [-0.1, -0.05) is 51.2 Å². The van der Waals surface area contributed by atoms with E-state index in [-0.39, 0.29) is 5.75 Å². The van der Waals surface area contributed by atoms with E-state index in [0.717, 1.165) is 0 Å². The van der Waals surface area contributed by atoms with E-state index in [2.05, 4.69) is 30.7 Å². The first-order valence-electron chi connectivity index (χ1n) is 5.07. The van der Waals surface area contributed by atoms with E-state index in [4.69, 9.17) is 11.6 Å². The zero-order chi connectivity index (χ0) is 15.1. The van der Waals surface area contributed by atoms with Gasteiger partial charge in [0, 0.05) is 28.5 Å². The SMILES string of the molecule is CSS(Br)(CCBr)(SCCF)(SCCCl)SC(F)F. The molecule has 0 amide bonds. The van der Waals surface area contributed by atoms with Crippen molar-refractivity contribution in [3.05, 3.63) is 0 Å². The maximum atomic E-state index is 13.2. The molecule has 11 heteroatoms. The standard InChI is InChI=1S/C8H16Br2ClF3S5/c1-15-19(10,7-2-9,16-5-3-11,17-6-4-12)18-8(13)14/h8H,2-7H2,1H3. The maximum Gasteiger partial charge on any atom is 0.294 e. The smallest absolute Gasteiger partial charge is 0.250 e. The molecule has 0 N–H and O–H groups in total. The Morgan fingerprint density at radius 2 is 1.84 bits per heavy atom. The van der Waals surface area contributed by atoms with Crippen molar-refractivity contribution in [1.29, 1.82) is 0 Å². The highest BCUT2D eigenvalue weighted by molar-refractivity contribution is 10.2. The third-order valence-electron chi connectivity index (χ3n) is 2.03. The van der Waals surface area contributed by atoms with Gasteiger partial charge in [-0.25, -0.2) is 0 Å². The Morgan fingerprint density at radius 1 is 1.26 bits per heavy atom. The molecule has 0 aromatic rings. The second-order valence-corrected chi connectivity index (χ2v) is 37.4. The van der Waals surface area contributed by atoms with E-state index in [1.807, 2.05) is 0 Å². The summed E-state index contributed by atoms with van der Waals surface area (Å²) in [5, 5.41) is 0.564. The molecular formula is C8H16Br2ClF3S5. The fourth-order valence-corrected chi connectivity index (χ4v) is 31.4. The van der Waals surface area contributed by atoms with Crippen LogP contribution >= 0.6 is 88.4 Å². The van der Waals surface area contributed by atoms with E-state index < -0.39 is 15.3 Å². The van der Waals surface area contributed by atoms with Crippen LogP contribution in [0.25, 0.3) is 0 Å². The van der Waals surface area contributed by atoms with Crippen LogP contribution in [0.2, 0.25) is 0 Å². The van der Waals surface area contributed by atoms with E-state index in [1.54, 1.807) is 6.26 Å². The fourth-order valence-electron chi connectivity index (χ4n) is 1.25. The molecule has 0 saturated heterocycles. The Morgan fingerprint density at radius 3 is 2.21 bits per heavy atom. The number of hydrogen-bond acceptors (Lipinski definition) is 4. The Hall–Kier alpha value is 2.79. The van der Waals surface area contributed by atoms with Crippen molar-refractivity contribution < 1.29 is 13.2 Å². The molecule has 0 aromatic carbocycles. The van der Waals surface area contributed by atoms with Crippen LogP contribution in [0.1, 0.15) is 0 Å². The van der Waals surface area contributed by atoms with Crippen LogP contribution in [0, 0.1) is 0 Å². The zero-order valence-electron chi connectivity index (χ0n) is 10.1. The summed E-state index contributed by atoms with van der Waals surface area (Å²) in [5.41, 5.74) is 0. The number of rotatable bonds is 11. The maximum absolute atomic E-state index is 13.2. The molecule has 0 nitrogen and oxygen atoms in total. The lowest BCUT2D eigenvalue weighted by molar-refractivity contribution is 0.254. The molecule has 0 rings (SSSR count). The zero-order valence-corrected chi connectivity index (χ0v) is 18.1. The first kappa shape index (κ1) is 21.8. The lowest BCUT2D eigenvalue weighted by Crippen LogP contribution is -2.21. The highest BCUT2D eigenvalue weighted by Gasteiger charge is 2.61. The number of halogens is 6. The normalized spacial score (nSPS) is 16.4. The molecule has 0 fully saturated rings. The largest absolute Gasteiger partial charge is 0.294 e. The first-order valence-corrected chi connectivity index (χ1v) is 17.3. The Balaban J connectivity index is 5.64. The highest BCUT2D eigenvalue weighted by Crippen LogP contribution is 3.21. The topological polar surface area (TPSA) is 0 Å². The van der Waals surface area contributed by atoms with Crippen LogP contribution in [0.15, 0.2) is 0 Å². The number of hydrogen-bond donors (Lipinski definition) is 0. The summed E-state index contributed by atoms with van der Waals surface area (Å²) in [6.07, 6.45) is 1.81. The van der Waals surface area contributed by atoms with Gasteiger partial charge >= 0.3 is 0 Å². The average Bonchev–Trinajstić information content (AvgIpc) is 2.35. The van der Waals surface area contributed by atoms with E-state index in [1.165, 1.54) is 32.4 Å². The van der Waals surface area contributed by atoms with Crippen molar-refractivity contribution in [2.75, 3.05) is 41.4 Å². The molecular weight excluding hydrogens is 509 g/mol. The summed E-state index contributed by atoms with van der Waals surface area (Å²) < 4.78 is 35.5. The summed E-state index contributed by atoms with van der Waals surface area (Å²) >= 11 is 12.8. The molecule has 0 unspecified atom stereocenters. The Labute approximate surface area is 147 Å². The molecule has 0 saturated carbocycles. The van der Waals surface area contributed by atoms with E-state index in [9.17, 15) is 13.2 Å². The van der Waals surface area contributed by atoms with Crippen LogP contribution in [-0.2, 0) is 0 Å². The predicted octanol–water partition coefficient (Wildman–Crippen LogP) is 7.22. The molecule has 120 valence electrons. The molecule has 0 heterocycles. The van der Waals surface area contributed by atoms with Gasteiger partial charge in [-0.15, -0.1) is 11.6 Å². The van der Waals surface area contributed by atoms with Crippen molar-refractivity contribution in [2.24, 2.45) is 0 Å². The van der Waals surface area contributed by atoms with E-state index >= 15 is 0 Å². The van der Waals surface area contributed by atoms with Gasteiger partial charge in [0.15, 0.2) is 0 Å². The predicted molar refractivity (Wildman–Crippen MR) is 104 cm³/mol. The summed E-state index contributed by atoms with van der Waals surface area (Å²) in [6, 6.07) is 0. The van der Waals surface area contributed by atoms with Crippen molar-refractivity contribution in [3.8, 4) is 0 Å². The average molecular weight is 525 g/mol. The van der Waals surface area contributed by atoms with Gasteiger partial charge in [0.25, 0.3) is 5.76 Å². The van der Waals surface area contributed by atoms with Crippen molar-refractivity contribution in [1.82, 2.24) is 0 Å².